The van der Waals surface area contributed by atoms with Gasteiger partial charge in [0.15, 0.2) is 0 Å². The van der Waals surface area contributed by atoms with Crippen molar-refractivity contribution < 1.29 is 19.5 Å². The predicted octanol–water partition coefficient (Wildman–Crippen LogP) is 2.51. The molecule has 0 aliphatic carbocycles. The summed E-state index contributed by atoms with van der Waals surface area (Å²) < 4.78 is 0. The topological polar surface area (TPSA) is 127 Å². The van der Waals surface area contributed by atoms with Crippen molar-refractivity contribution >= 4 is 39.6 Å². The van der Waals surface area contributed by atoms with Crippen LogP contribution in [-0.4, -0.2) is 44.9 Å². The second-order valence-corrected chi connectivity index (χ2v) is 7.78. The molecule has 4 aromatic rings. The van der Waals surface area contributed by atoms with Crippen molar-refractivity contribution in [2.24, 2.45) is 0 Å². The molecule has 164 valence electrons. The molecule has 8 nitrogen and oxygen atoms in total. The minimum Gasteiger partial charge on any atom is -0.480 e. The summed E-state index contributed by atoms with van der Waals surface area (Å²) in [7, 11) is 0. The van der Waals surface area contributed by atoms with Crippen LogP contribution >= 0.6 is 0 Å². The smallest absolute Gasteiger partial charge is 0.326 e. The number of hydrogen-bond acceptors (Lipinski definition) is 3. The second-order valence-electron chi connectivity index (χ2n) is 7.78. The fraction of sp³-hybridized carbons (Fsp3) is 0.208. The van der Waals surface area contributed by atoms with Gasteiger partial charge in [0.05, 0.1) is 0 Å². The Balaban J connectivity index is 1.54. The molecule has 8 heteroatoms. The zero-order chi connectivity index (χ0) is 22.7. The number of para-hydroxylation sites is 2. The van der Waals surface area contributed by atoms with Crippen LogP contribution in [0.15, 0.2) is 60.9 Å². The number of aromatic amines is 2. The van der Waals surface area contributed by atoms with E-state index in [1.165, 1.54) is 6.92 Å². The van der Waals surface area contributed by atoms with E-state index in [-0.39, 0.29) is 18.7 Å². The van der Waals surface area contributed by atoms with E-state index in [1.807, 2.05) is 48.5 Å². The van der Waals surface area contributed by atoms with Crippen LogP contribution in [0.2, 0.25) is 0 Å². The number of fused-ring (bicyclic) bond motifs is 2. The monoisotopic (exact) mass is 432 g/mol. The Bertz CT molecular complexity index is 1290. The molecule has 0 fully saturated rings. The molecule has 0 aliphatic rings. The lowest BCUT2D eigenvalue weighted by Gasteiger charge is -2.21. The molecule has 0 aliphatic heterocycles. The van der Waals surface area contributed by atoms with Crippen LogP contribution in [0.5, 0.6) is 0 Å². The van der Waals surface area contributed by atoms with Crippen molar-refractivity contribution in [3.05, 3.63) is 72.1 Å². The molecule has 2 aromatic heterocycles. The first-order chi connectivity index (χ1) is 15.4. The zero-order valence-electron chi connectivity index (χ0n) is 17.5. The van der Waals surface area contributed by atoms with Crippen LogP contribution in [0.3, 0.4) is 0 Å². The summed E-state index contributed by atoms with van der Waals surface area (Å²) >= 11 is 0. The van der Waals surface area contributed by atoms with Gasteiger partial charge in [0.1, 0.15) is 12.1 Å². The number of rotatable bonds is 8. The average molecular weight is 432 g/mol. The van der Waals surface area contributed by atoms with Gasteiger partial charge in [-0.05, 0) is 23.3 Å². The normalized spacial score (nSPS) is 13.0. The molecule has 0 saturated carbocycles. The number of hydrogen-bond donors (Lipinski definition) is 5. The largest absolute Gasteiger partial charge is 0.480 e. The fourth-order valence-corrected chi connectivity index (χ4v) is 3.97. The molecule has 2 atom stereocenters. The van der Waals surface area contributed by atoms with Gasteiger partial charge in [-0.25, -0.2) is 4.79 Å². The number of nitrogens with one attached hydrogen (secondary N) is 4. The van der Waals surface area contributed by atoms with Crippen molar-refractivity contribution in [1.82, 2.24) is 20.6 Å². The van der Waals surface area contributed by atoms with E-state index in [1.54, 1.807) is 12.4 Å². The van der Waals surface area contributed by atoms with E-state index in [0.29, 0.717) is 0 Å². The maximum Gasteiger partial charge on any atom is 0.326 e. The predicted molar refractivity (Wildman–Crippen MR) is 121 cm³/mol. The van der Waals surface area contributed by atoms with Crippen molar-refractivity contribution in [3.63, 3.8) is 0 Å². The quantitative estimate of drug-likeness (QED) is 0.293. The molecule has 0 radical (unpaired) electrons. The number of carbonyl (C=O) groups is 3. The number of aromatic nitrogens is 2. The standard InChI is InChI=1S/C24H24N4O4/c1-14(29)27-21(10-15-12-25-19-8-4-2-6-17(15)19)23(30)28-22(24(31)32)11-16-13-26-20-9-5-3-7-18(16)20/h2-9,12-13,21-22,25-26H,10-11H2,1H3,(H,27,29)(H,28,30)(H,31,32)/t21-,22-/m1/s1. The van der Waals surface area contributed by atoms with Crippen LogP contribution in [0, 0.1) is 0 Å². The highest BCUT2D eigenvalue weighted by Gasteiger charge is 2.27. The molecule has 2 amide bonds. The molecule has 2 heterocycles. The van der Waals surface area contributed by atoms with Gasteiger partial charge in [0, 0.05) is 54.0 Å². The van der Waals surface area contributed by atoms with Gasteiger partial charge < -0.3 is 25.7 Å². The van der Waals surface area contributed by atoms with E-state index in [9.17, 15) is 19.5 Å². The Morgan fingerprint density at radius 2 is 1.31 bits per heavy atom. The number of amides is 2. The Kier molecular flexibility index (Phi) is 5.93. The first-order valence-corrected chi connectivity index (χ1v) is 10.3. The summed E-state index contributed by atoms with van der Waals surface area (Å²) in [6, 6.07) is 13.2. The first-order valence-electron chi connectivity index (χ1n) is 10.3. The molecule has 4 rings (SSSR count). The van der Waals surface area contributed by atoms with Crippen molar-refractivity contribution in [1.29, 1.82) is 0 Å². The van der Waals surface area contributed by atoms with E-state index < -0.39 is 24.0 Å². The number of aliphatic carboxylic acids is 1. The molecular weight excluding hydrogens is 408 g/mol. The van der Waals surface area contributed by atoms with Gasteiger partial charge >= 0.3 is 5.97 Å². The Morgan fingerprint density at radius 1 is 0.812 bits per heavy atom. The van der Waals surface area contributed by atoms with Crippen LogP contribution in [0.25, 0.3) is 21.8 Å². The zero-order valence-corrected chi connectivity index (χ0v) is 17.5. The van der Waals surface area contributed by atoms with Crippen LogP contribution in [-0.2, 0) is 27.2 Å². The van der Waals surface area contributed by atoms with Gasteiger partial charge in [0.25, 0.3) is 0 Å². The molecule has 5 N–H and O–H groups in total. The molecule has 2 aromatic carbocycles. The highest BCUT2D eigenvalue weighted by molar-refractivity contribution is 5.92. The fourth-order valence-electron chi connectivity index (χ4n) is 3.97. The minimum absolute atomic E-state index is 0.116. The lowest BCUT2D eigenvalue weighted by Crippen LogP contribution is -2.52. The number of H-pyrrole nitrogens is 2. The van der Waals surface area contributed by atoms with Gasteiger partial charge in [-0.15, -0.1) is 0 Å². The minimum atomic E-state index is -1.14. The summed E-state index contributed by atoms with van der Waals surface area (Å²) in [5.41, 5.74) is 3.47. The highest BCUT2D eigenvalue weighted by atomic mass is 16.4. The number of carboxylic acid groups (broad SMARTS) is 1. The van der Waals surface area contributed by atoms with Crippen LogP contribution in [0.4, 0.5) is 0 Å². The summed E-state index contributed by atoms with van der Waals surface area (Å²) in [5, 5.41) is 16.9. The maximum absolute atomic E-state index is 13.0. The van der Waals surface area contributed by atoms with Crippen molar-refractivity contribution in [2.45, 2.75) is 31.8 Å². The Hall–Kier alpha value is -4.07. The first kappa shape index (κ1) is 21.2. The third kappa shape index (κ3) is 4.49. The molecule has 0 spiro atoms. The van der Waals surface area contributed by atoms with Crippen LogP contribution < -0.4 is 10.6 Å². The number of benzene rings is 2. The molecule has 0 saturated heterocycles. The van der Waals surface area contributed by atoms with Crippen molar-refractivity contribution in [3.8, 4) is 0 Å². The lowest BCUT2D eigenvalue weighted by molar-refractivity contribution is -0.142. The summed E-state index contributed by atoms with van der Waals surface area (Å²) in [6.45, 7) is 1.33. The van der Waals surface area contributed by atoms with Gasteiger partial charge in [-0.1, -0.05) is 36.4 Å². The summed E-state index contributed by atoms with van der Waals surface area (Å²) in [5.74, 6) is -2.05. The van der Waals surface area contributed by atoms with E-state index in [4.69, 9.17) is 0 Å². The summed E-state index contributed by atoms with van der Waals surface area (Å²) in [6.07, 6.45) is 3.90. The highest BCUT2D eigenvalue weighted by Crippen LogP contribution is 2.21. The Morgan fingerprint density at radius 3 is 1.81 bits per heavy atom. The third-order valence-corrected chi connectivity index (χ3v) is 5.51. The van der Waals surface area contributed by atoms with Gasteiger partial charge in [-0.3, -0.25) is 9.59 Å². The SMILES string of the molecule is CC(=O)N[C@H](Cc1c[nH]c2ccccc12)C(=O)N[C@H](Cc1c[nH]c2ccccc12)C(=O)O. The molecule has 0 bridgehead atoms. The van der Waals surface area contributed by atoms with Gasteiger partial charge in [-0.2, -0.15) is 0 Å². The molecule has 32 heavy (non-hydrogen) atoms. The lowest BCUT2D eigenvalue weighted by atomic mass is 10.0. The van der Waals surface area contributed by atoms with E-state index >= 15 is 0 Å². The maximum atomic E-state index is 13.0. The van der Waals surface area contributed by atoms with Gasteiger partial charge in [0.2, 0.25) is 11.8 Å². The van der Waals surface area contributed by atoms with Crippen LogP contribution in [0.1, 0.15) is 18.1 Å². The average Bonchev–Trinajstić information content (AvgIpc) is 3.37. The van der Waals surface area contributed by atoms with Crippen molar-refractivity contribution in [2.75, 3.05) is 0 Å². The number of carbonyl (C=O) groups excluding carboxylic acids is 2. The third-order valence-electron chi connectivity index (χ3n) is 5.51. The second kappa shape index (κ2) is 8.97. The molecular formula is C24H24N4O4. The summed E-state index contributed by atoms with van der Waals surface area (Å²) in [4.78, 5) is 43.0. The Labute approximate surface area is 184 Å². The van der Waals surface area contributed by atoms with E-state index in [2.05, 4.69) is 20.6 Å². The molecule has 0 unspecified atom stereocenters. The number of carboxylic acids is 1. The van der Waals surface area contributed by atoms with E-state index in [0.717, 1.165) is 32.9 Å².